The van der Waals surface area contributed by atoms with Crippen molar-refractivity contribution in [3.05, 3.63) is 53.3 Å². The Labute approximate surface area is 149 Å². The van der Waals surface area contributed by atoms with Gasteiger partial charge in [-0.2, -0.15) is 0 Å². The van der Waals surface area contributed by atoms with Crippen LogP contribution in [0.3, 0.4) is 0 Å². The van der Waals surface area contributed by atoms with E-state index in [-0.39, 0.29) is 5.78 Å². The van der Waals surface area contributed by atoms with Gasteiger partial charge < -0.3 is 10.1 Å². The highest BCUT2D eigenvalue weighted by Crippen LogP contribution is 2.22. The van der Waals surface area contributed by atoms with Crippen molar-refractivity contribution in [1.82, 2.24) is 9.97 Å². The van der Waals surface area contributed by atoms with Crippen molar-refractivity contribution in [2.24, 2.45) is 5.92 Å². The normalized spacial score (nSPS) is 14.3. The number of Topliss-reactive ketones (excluding diaryl/α,β-unsaturated/α-hetero) is 1. The number of nitrogens with zero attached hydrogens (tertiary/aromatic N) is 2. The lowest BCUT2D eigenvalue weighted by Gasteiger charge is -2.09. The largest absolute Gasteiger partial charge is 0.351 e. The number of carbonyl (C=O) groups excluding carboxylic acids is 1. The predicted octanol–water partition coefficient (Wildman–Crippen LogP) is 3.61. The molecule has 0 amide bonds. The Balaban J connectivity index is 1.57. The number of hydrogen-bond acceptors (Lipinski definition) is 4. The minimum atomic E-state index is 0.246. The highest BCUT2D eigenvalue weighted by atomic mass is 16.1. The van der Waals surface area contributed by atoms with Gasteiger partial charge in [-0.3, -0.25) is 0 Å². The molecule has 1 fully saturated rings. The molecule has 1 atom stereocenters. The van der Waals surface area contributed by atoms with Crippen LogP contribution in [0.25, 0.3) is 0 Å². The summed E-state index contributed by atoms with van der Waals surface area (Å²) in [4.78, 5) is 19.7. The third kappa shape index (κ3) is 5.72. The van der Waals surface area contributed by atoms with Gasteiger partial charge in [-0.25, -0.2) is 9.97 Å². The van der Waals surface area contributed by atoms with Gasteiger partial charge in [0.25, 0.3) is 0 Å². The van der Waals surface area contributed by atoms with E-state index >= 15 is 0 Å². The Morgan fingerprint density at radius 1 is 1.16 bits per heavy atom. The molecule has 25 heavy (non-hydrogen) atoms. The van der Waals surface area contributed by atoms with Gasteiger partial charge in [0.1, 0.15) is 5.78 Å². The summed E-state index contributed by atoms with van der Waals surface area (Å²) < 4.78 is 0. The van der Waals surface area contributed by atoms with Gasteiger partial charge in [-0.05, 0) is 49.8 Å². The van der Waals surface area contributed by atoms with Crippen LogP contribution in [0.5, 0.6) is 0 Å². The number of carbonyl (C=O) groups is 1. The summed E-state index contributed by atoms with van der Waals surface area (Å²) in [5, 5.41) is 3.26. The van der Waals surface area contributed by atoms with Crippen LogP contribution in [-0.2, 0) is 11.2 Å². The van der Waals surface area contributed by atoms with Gasteiger partial charge in [0.2, 0.25) is 5.95 Å². The van der Waals surface area contributed by atoms with Crippen molar-refractivity contribution in [1.29, 1.82) is 0 Å². The fourth-order valence-electron chi connectivity index (χ4n) is 2.71. The van der Waals surface area contributed by atoms with E-state index in [2.05, 4.69) is 46.2 Å². The number of hydrogen-bond donors (Lipinski definition) is 1. The highest BCUT2D eigenvalue weighted by Gasteiger charge is 2.21. The first-order chi connectivity index (χ1) is 12.1. The summed E-state index contributed by atoms with van der Waals surface area (Å²) in [6.07, 6.45) is 7.46. The number of ketones is 1. The predicted molar refractivity (Wildman–Crippen MR) is 99.3 cm³/mol. The molecule has 1 aliphatic carbocycles. The van der Waals surface area contributed by atoms with Crippen LogP contribution in [-0.4, -0.2) is 21.8 Å². The molecule has 1 aromatic heterocycles. The Bertz CT molecular complexity index is 781. The Morgan fingerprint density at radius 2 is 1.80 bits per heavy atom. The molecule has 0 aliphatic heterocycles. The lowest BCUT2D eigenvalue weighted by Crippen LogP contribution is -2.05. The van der Waals surface area contributed by atoms with Gasteiger partial charge in [0.05, 0.1) is 5.56 Å². The molecular formula is C21H23N3O. The second-order valence-electron chi connectivity index (χ2n) is 6.88. The van der Waals surface area contributed by atoms with Gasteiger partial charge in [-0.15, -0.1) is 0 Å². The van der Waals surface area contributed by atoms with E-state index in [4.69, 9.17) is 0 Å². The van der Waals surface area contributed by atoms with E-state index in [1.54, 1.807) is 19.3 Å². The molecule has 4 heteroatoms. The minimum absolute atomic E-state index is 0.246. The summed E-state index contributed by atoms with van der Waals surface area (Å²) >= 11 is 0. The second kappa shape index (κ2) is 7.94. The maximum absolute atomic E-state index is 11.2. The average molecular weight is 333 g/mol. The number of anilines is 1. The number of aromatic nitrogens is 2. The monoisotopic (exact) mass is 333 g/mol. The van der Waals surface area contributed by atoms with E-state index in [0.29, 0.717) is 24.3 Å². The molecule has 2 aromatic rings. The van der Waals surface area contributed by atoms with Crippen molar-refractivity contribution >= 4 is 11.7 Å². The van der Waals surface area contributed by atoms with Gasteiger partial charge >= 0.3 is 0 Å². The van der Waals surface area contributed by atoms with Crippen molar-refractivity contribution in [2.75, 3.05) is 5.32 Å². The zero-order chi connectivity index (χ0) is 17.6. The SMILES string of the molecule is CC(=O)CC(C)Cc1ccc(C#Cc2cnc(NC3CC3)nc2)cc1. The summed E-state index contributed by atoms with van der Waals surface area (Å²) in [6.45, 7) is 3.75. The molecule has 1 aliphatic rings. The molecule has 1 unspecified atom stereocenters. The van der Waals surface area contributed by atoms with E-state index in [1.165, 1.54) is 18.4 Å². The van der Waals surface area contributed by atoms with Crippen LogP contribution in [0.4, 0.5) is 5.95 Å². The molecule has 1 N–H and O–H groups in total. The van der Waals surface area contributed by atoms with Crippen molar-refractivity contribution in [3.63, 3.8) is 0 Å². The van der Waals surface area contributed by atoms with Gasteiger partial charge in [0, 0.05) is 30.4 Å². The molecule has 0 spiro atoms. The van der Waals surface area contributed by atoms with Crippen molar-refractivity contribution < 1.29 is 4.79 Å². The molecule has 1 aromatic carbocycles. The fraction of sp³-hybridized carbons (Fsp3) is 0.381. The van der Waals surface area contributed by atoms with E-state index in [1.807, 2.05) is 12.1 Å². The average Bonchev–Trinajstić information content (AvgIpc) is 3.39. The summed E-state index contributed by atoms with van der Waals surface area (Å²) in [6, 6.07) is 8.76. The second-order valence-corrected chi connectivity index (χ2v) is 6.88. The third-order valence-corrected chi connectivity index (χ3v) is 4.09. The first-order valence-electron chi connectivity index (χ1n) is 8.77. The molecule has 1 saturated carbocycles. The topological polar surface area (TPSA) is 54.9 Å². The molecule has 0 saturated heterocycles. The molecule has 1 heterocycles. The van der Waals surface area contributed by atoms with Crippen LogP contribution in [0, 0.1) is 17.8 Å². The lowest BCUT2D eigenvalue weighted by atomic mass is 9.96. The Kier molecular flexibility index (Phi) is 5.45. The molecule has 0 radical (unpaired) electrons. The maximum atomic E-state index is 11.2. The number of nitrogens with one attached hydrogen (secondary N) is 1. The Hall–Kier alpha value is -2.67. The molecular weight excluding hydrogens is 310 g/mol. The number of benzene rings is 1. The van der Waals surface area contributed by atoms with E-state index in [9.17, 15) is 4.79 Å². The zero-order valence-electron chi connectivity index (χ0n) is 14.7. The van der Waals surface area contributed by atoms with Gasteiger partial charge in [0.15, 0.2) is 0 Å². The van der Waals surface area contributed by atoms with Crippen molar-refractivity contribution in [2.45, 2.75) is 45.6 Å². The lowest BCUT2D eigenvalue weighted by molar-refractivity contribution is -0.117. The summed E-state index contributed by atoms with van der Waals surface area (Å²) in [5.41, 5.74) is 3.00. The van der Waals surface area contributed by atoms with Crippen LogP contribution in [0.2, 0.25) is 0 Å². The van der Waals surface area contributed by atoms with Crippen LogP contribution < -0.4 is 5.32 Å². The van der Waals surface area contributed by atoms with Gasteiger partial charge in [-0.1, -0.05) is 30.9 Å². The first kappa shape index (κ1) is 17.2. The molecule has 3 rings (SSSR count). The van der Waals surface area contributed by atoms with Crippen LogP contribution >= 0.6 is 0 Å². The zero-order valence-corrected chi connectivity index (χ0v) is 14.7. The third-order valence-electron chi connectivity index (χ3n) is 4.09. The smallest absolute Gasteiger partial charge is 0.222 e. The van der Waals surface area contributed by atoms with Crippen LogP contribution in [0.15, 0.2) is 36.7 Å². The fourth-order valence-corrected chi connectivity index (χ4v) is 2.71. The summed E-state index contributed by atoms with van der Waals surface area (Å²) in [5.74, 6) is 7.53. The quantitative estimate of drug-likeness (QED) is 0.821. The van der Waals surface area contributed by atoms with E-state index < -0.39 is 0 Å². The molecule has 0 bridgehead atoms. The Morgan fingerprint density at radius 3 is 2.40 bits per heavy atom. The first-order valence-corrected chi connectivity index (χ1v) is 8.77. The minimum Gasteiger partial charge on any atom is -0.351 e. The standard InChI is InChI=1S/C21H23N3O/c1-15(11-16(2)25)12-18-6-3-17(4-7-18)5-8-19-13-22-21(23-14-19)24-20-9-10-20/h3-4,6-7,13-15,20H,9-12H2,1-2H3,(H,22,23,24). The maximum Gasteiger partial charge on any atom is 0.222 e. The van der Waals surface area contributed by atoms with Crippen molar-refractivity contribution in [3.8, 4) is 11.8 Å². The molecule has 128 valence electrons. The number of rotatable bonds is 6. The highest BCUT2D eigenvalue weighted by molar-refractivity contribution is 5.75. The van der Waals surface area contributed by atoms with E-state index in [0.717, 1.165) is 17.5 Å². The summed E-state index contributed by atoms with van der Waals surface area (Å²) in [7, 11) is 0. The van der Waals surface area contributed by atoms with Crippen LogP contribution in [0.1, 0.15) is 49.8 Å². The molecule has 4 nitrogen and oxygen atoms in total.